The summed E-state index contributed by atoms with van der Waals surface area (Å²) >= 11 is 0. The molecular weight excluding hydrogens is 139 g/mol. The molecule has 1 fully saturated rings. The van der Waals surface area contributed by atoms with Crippen molar-refractivity contribution in [3.05, 3.63) is 6.42 Å². The van der Waals surface area contributed by atoms with Crippen molar-refractivity contribution in [2.24, 2.45) is 0 Å². The van der Waals surface area contributed by atoms with Gasteiger partial charge in [0, 0.05) is 0 Å². The molecule has 0 amide bonds. The van der Waals surface area contributed by atoms with Gasteiger partial charge in [-0.05, 0) is 0 Å². The molecule has 0 spiro atoms. The minimum Gasteiger partial charge on any atom is -1.00 e. The Kier molecular flexibility index (Phi) is 23.2. The van der Waals surface area contributed by atoms with Crippen LogP contribution >= 0.6 is 0 Å². The van der Waals surface area contributed by atoms with Crippen LogP contribution in [0.1, 0.15) is 33.5 Å². The summed E-state index contributed by atoms with van der Waals surface area (Å²) in [6.45, 7) is 0. The summed E-state index contributed by atoms with van der Waals surface area (Å²) < 4.78 is 0. The molecule has 0 aliphatic heterocycles. The molecular formula is C6H12ClLiMg. The van der Waals surface area contributed by atoms with Crippen LogP contribution in [0.25, 0.3) is 0 Å². The van der Waals surface area contributed by atoms with Crippen molar-refractivity contribution in [3.63, 3.8) is 0 Å². The summed E-state index contributed by atoms with van der Waals surface area (Å²) in [5.74, 6) is 0. The van der Waals surface area contributed by atoms with E-state index in [1.165, 1.54) is 32.1 Å². The zero-order valence-electron chi connectivity index (χ0n) is 7.20. The Morgan fingerprint density at radius 2 is 1.44 bits per heavy atom. The SMILES string of the molecule is [CH-]1CCCCC1.[Cl-].[H-].[Li+].[Mg+2]. The molecule has 0 radical (unpaired) electrons. The predicted molar refractivity (Wildman–Crippen MR) is 34.3 cm³/mol. The van der Waals surface area contributed by atoms with Crippen LogP contribution in [0.5, 0.6) is 0 Å². The van der Waals surface area contributed by atoms with Gasteiger partial charge >= 0.3 is 41.9 Å². The second kappa shape index (κ2) is 12.3. The van der Waals surface area contributed by atoms with Crippen LogP contribution in [-0.4, -0.2) is 23.1 Å². The van der Waals surface area contributed by atoms with Crippen LogP contribution in [0.3, 0.4) is 0 Å². The summed E-state index contributed by atoms with van der Waals surface area (Å²) in [6.07, 6.45) is 9.50. The maximum absolute atomic E-state index is 2.39. The molecule has 0 heterocycles. The van der Waals surface area contributed by atoms with Crippen LogP contribution in [-0.2, 0) is 0 Å². The Morgan fingerprint density at radius 3 is 1.56 bits per heavy atom. The zero-order chi connectivity index (χ0) is 4.24. The first-order chi connectivity index (χ1) is 3.00. The fourth-order valence-corrected chi connectivity index (χ4v) is 0.898. The maximum atomic E-state index is 2.39. The molecule has 1 aliphatic rings. The topological polar surface area (TPSA) is 0 Å². The first-order valence-corrected chi connectivity index (χ1v) is 2.82. The molecule has 1 saturated carbocycles. The fourth-order valence-electron chi connectivity index (χ4n) is 0.898. The second-order valence-corrected chi connectivity index (χ2v) is 1.93. The Bertz CT molecular complexity index is 33.2. The number of rotatable bonds is 0. The summed E-state index contributed by atoms with van der Waals surface area (Å²) in [5.41, 5.74) is 0. The van der Waals surface area contributed by atoms with Crippen molar-refractivity contribution in [2.45, 2.75) is 32.1 Å². The third-order valence-electron chi connectivity index (χ3n) is 1.32. The van der Waals surface area contributed by atoms with Crippen molar-refractivity contribution in [3.8, 4) is 0 Å². The van der Waals surface area contributed by atoms with Crippen LogP contribution in [0.2, 0.25) is 0 Å². The van der Waals surface area contributed by atoms with Crippen molar-refractivity contribution in [1.82, 2.24) is 0 Å². The van der Waals surface area contributed by atoms with Crippen molar-refractivity contribution in [1.29, 1.82) is 0 Å². The summed E-state index contributed by atoms with van der Waals surface area (Å²) in [7, 11) is 0. The molecule has 0 bridgehead atoms. The number of hydrogen-bond acceptors (Lipinski definition) is 0. The van der Waals surface area contributed by atoms with Crippen molar-refractivity contribution >= 4 is 23.1 Å². The summed E-state index contributed by atoms with van der Waals surface area (Å²) in [4.78, 5) is 0. The average molecular weight is 151 g/mol. The zero-order valence-corrected chi connectivity index (χ0v) is 8.37. The van der Waals surface area contributed by atoms with Gasteiger partial charge in [0.25, 0.3) is 0 Å². The summed E-state index contributed by atoms with van der Waals surface area (Å²) in [5, 5.41) is 0. The van der Waals surface area contributed by atoms with E-state index < -0.39 is 0 Å². The van der Waals surface area contributed by atoms with Gasteiger partial charge in [-0.25, -0.2) is 0 Å². The van der Waals surface area contributed by atoms with E-state index in [1.54, 1.807) is 0 Å². The Morgan fingerprint density at radius 1 is 1.00 bits per heavy atom. The maximum Gasteiger partial charge on any atom is 2.00 e. The monoisotopic (exact) mass is 150 g/mol. The van der Waals surface area contributed by atoms with Gasteiger partial charge in [0.1, 0.15) is 0 Å². The number of halogens is 1. The molecule has 0 aromatic heterocycles. The molecule has 0 aromatic carbocycles. The molecule has 9 heavy (non-hydrogen) atoms. The molecule has 0 nitrogen and oxygen atoms in total. The van der Waals surface area contributed by atoms with Crippen molar-refractivity contribution in [2.75, 3.05) is 0 Å². The van der Waals surface area contributed by atoms with E-state index in [9.17, 15) is 0 Å². The second-order valence-electron chi connectivity index (χ2n) is 1.93. The van der Waals surface area contributed by atoms with E-state index in [0.29, 0.717) is 0 Å². The Balaban J connectivity index is -0.0000000450. The van der Waals surface area contributed by atoms with Gasteiger partial charge in [-0.2, -0.15) is 12.8 Å². The van der Waals surface area contributed by atoms with Gasteiger partial charge in [0.05, 0.1) is 0 Å². The Hall–Kier alpha value is 1.65. The third kappa shape index (κ3) is 9.65. The largest absolute Gasteiger partial charge is 2.00 e. The van der Waals surface area contributed by atoms with Crippen LogP contribution in [0, 0.1) is 6.42 Å². The molecule has 0 aromatic rings. The first kappa shape index (κ1) is 16.9. The molecule has 0 atom stereocenters. The minimum atomic E-state index is 0. The summed E-state index contributed by atoms with van der Waals surface area (Å²) in [6, 6.07) is 0. The van der Waals surface area contributed by atoms with Gasteiger partial charge < -0.3 is 20.3 Å². The molecule has 0 saturated heterocycles. The van der Waals surface area contributed by atoms with Crippen LogP contribution in [0.15, 0.2) is 0 Å². The van der Waals surface area contributed by atoms with Gasteiger partial charge in [-0.15, -0.1) is 0 Å². The quantitative estimate of drug-likeness (QED) is 0.244. The molecule has 1 aliphatic carbocycles. The molecule has 3 heteroatoms. The van der Waals surface area contributed by atoms with E-state index in [1.807, 2.05) is 0 Å². The average Bonchev–Trinajstić information content (AvgIpc) is 1.72. The Labute approximate surface area is 93.8 Å². The standard InChI is InChI=1S/C6H11.ClH.Li.Mg.H/c1-2-4-6-5-3-1;;;;/h1H,2-6H2;1H;;;/q-1;;+1;+2;-1/p-1. The normalized spacial score (nSPS) is 16.0. The molecule has 0 N–H and O–H groups in total. The predicted octanol–water partition coefficient (Wildman–Crippen LogP) is -4.11. The molecule has 0 unspecified atom stereocenters. The van der Waals surface area contributed by atoms with Gasteiger partial charge in [-0.3, -0.25) is 0 Å². The minimum absolute atomic E-state index is 0. The van der Waals surface area contributed by atoms with Crippen molar-refractivity contribution < 1.29 is 32.7 Å². The third-order valence-corrected chi connectivity index (χ3v) is 1.32. The smallest absolute Gasteiger partial charge is 1.00 e. The van der Waals surface area contributed by atoms with Crippen LogP contribution < -0.4 is 31.3 Å². The van der Waals surface area contributed by atoms with E-state index in [4.69, 9.17) is 0 Å². The van der Waals surface area contributed by atoms with Gasteiger partial charge in [-0.1, -0.05) is 19.3 Å². The van der Waals surface area contributed by atoms with Gasteiger partial charge in [0.2, 0.25) is 0 Å². The molecule has 46 valence electrons. The van der Waals surface area contributed by atoms with E-state index >= 15 is 0 Å². The first-order valence-electron chi connectivity index (χ1n) is 2.82. The van der Waals surface area contributed by atoms with E-state index in [-0.39, 0.29) is 55.7 Å². The van der Waals surface area contributed by atoms with E-state index in [0.717, 1.165) is 0 Å². The fraction of sp³-hybridized carbons (Fsp3) is 0.833. The van der Waals surface area contributed by atoms with E-state index in [2.05, 4.69) is 6.42 Å². The number of hydrogen-bond donors (Lipinski definition) is 0. The van der Waals surface area contributed by atoms with Crippen LogP contribution in [0.4, 0.5) is 0 Å². The molecule has 1 rings (SSSR count). The van der Waals surface area contributed by atoms with Gasteiger partial charge in [0.15, 0.2) is 0 Å².